The summed E-state index contributed by atoms with van der Waals surface area (Å²) in [6.45, 7) is 6.66. The van der Waals surface area contributed by atoms with E-state index in [-0.39, 0.29) is 12.3 Å². The Morgan fingerprint density at radius 3 is 3.05 bits per heavy atom. The molecule has 6 nitrogen and oxygen atoms in total. The molecule has 0 aromatic carbocycles. The minimum atomic E-state index is -0.712. The Morgan fingerprint density at radius 1 is 1.55 bits per heavy atom. The molecule has 1 unspecified atom stereocenters. The van der Waals surface area contributed by atoms with Gasteiger partial charge in [-0.1, -0.05) is 19.0 Å². The van der Waals surface area contributed by atoms with Crippen molar-refractivity contribution in [1.29, 1.82) is 0 Å². The fraction of sp³-hybridized carbons (Fsp3) is 0.786. The predicted molar refractivity (Wildman–Crippen MR) is 73.1 cm³/mol. The number of carboxylic acid groups (broad SMARTS) is 1. The number of likely N-dealkylation sites (tertiary alicyclic amines) is 1. The monoisotopic (exact) mass is 281 g/mol. The second kappa shape index (κ2) is 6.83. The molecule has 0 spiro atoms. The van der Waals surface area contributed by atoms with Gasteiger partial charge in [-0.15, -0.1) is 0 Å². The number of carbonyl (C=O) groups is 1. The molecule has 1 fully saturated rings. The van der Waals surface area contributed by atoms with E-state index in [0.717, 1.165) is 32.4 Å². The third kappa shape index (κ3) is 4.59. The molecular weight excluding hydrogens is 258 g/mol. The summed E-state index contributed by atoms with van der Waals surface area (Å²) in [6, 6.07) is 0. The van der Waals surface area contributed by atoms with Gasteiger partial charge in [0.15, 0.2) is 5.82 Å². The summed E-state index contributed by atoms with van der Waals surface area (Å²) in [5.74, 6) is 1.42. The largest absolute Gasteiger partial charge is 0.481 e. The highest BCUT2D eigenvalue weighted by atomic mass is 16.5. The summed E-state index contributed by atoms with van der Waals surface area (Å²) in [7, 11) is 0. The van der Waals surface area contributed by atoms with Crippen LogP contribution >= 0.6 is 0 Å². The maximum atomic E-state index is 10.8. The van der Waals surface area contributed by atoms with Crippen LogP contribution in [-0.4, -0.2) is 39.2 Å². The molecule has 1 aromatic heterocycles. The number of aromatic nitrogens is 2. The van der Waals surface area contributed by atoms with Gasteiger partial charge < -0.3 is 9.63 Å². The first-order chi connectivity index (χ1) is 9.52. The van der Waals surface area contributed by atoms with E-state index in [4.69, 9.17) is 9.63 Å². The number of carboxylic acids is 1. The Bertz CT molecular complexity index is 445. The number of hydrogen-bond acceptors (Lipinski definition) is 5. The van der Waals surface area contributed by atoms with E-state index < -0.39 is 5.97 Å². The molecule has 0 amide bonds. The molecule has 0 aliphatic carbocycles. The van der Waals surface area contributed by atoms with Gasteiger partial charge in [0, 0.05) is 19.4 Å². The highest BCUT2D eigenvalue weighted by molar-refractivity contribution is 5.67. The van der Waals surface area contributed by atoms with E-state index in [0.29, 0.717) is 24.2 Å². The van der Waals surface area contributed by atoms with Gasteiger partial charge in [-0.05, 0) is 31.2 Å². The summed E-state index contributed by atoms with van der Waals surface area (Å²) in [4.78, 5) is 17.4. The first kappa shape index (κ1) is 15.0. The van der Waals surface area contributed by atoms with Crippen molar-refractivity contribution < 1.29 is 14.4 Å². The van der Waals surface area contributed by atoms with Crippen LogP contribution in [0.4, 0.5) is 0 Å². The number of hydrogen-bond donors (Lipinski definition) is 1. The molecule has 0 radical (unpaired) electrons. The molecule has 1 saturated heterocycles. The van der Waals surface area contributed by atoms with Crippen molar-refractivity contribution in [2.75, 3.05) is 13.1 Å². The van der Waals surface area contributed by atoms with Crippen molar-refractivity contribution in [3.63, 3.8) is 0 Å². The third-order valence-electron chi connectivity index (χ3n) is 3.52. The van der Waals surface area contributed by atoms with Crippen LogP contribution in [0.1, 0.15) is 44.8 Å². The highest BCUT2D eigenvalue weighted by Crippen LogP contribution is 2.20. The zero-order valence-corrected chi connectivity index (χ0v) is 12.2. The number of aliphatic carboxylic acids is 1. The predicted octanol–water partition coefficient (Wildman–Crippen LogP) is 1.95. The minimum Gasteiger partial charge on any atom is -0.481 e. The van der Waals surface area contributed by atoms with Crippen molar-refractivity contribution in [3.8, 4) is 0 Å². The van der Waals surface area contributed by atoms with Gasteiger partial charge in [0.1, 0.15) is 0 Å². The molecule has 1 atom stereocenters. The Kier molecular flexibility index (Phi) is 5.11. The van der Waals surface area contributed by atoms with Crippen LogP contribution in [0.25, 0.3) is 0 Å². The smallest absolute Gasteiger partial charge is 0.303 e. The van der Waals surface area contributed by atoms with Crippen LogP contribution in [0.3, 0.4) is 0 Å². The summed E-state index contributed by atoms with van der Waals surface area (Å²) < 4.78 is 5.23. The van der Waals surface area contributed by atoms with Crippen molar-refractivity contribution in [2.45, 2.75) is 46.1 Å². The molecule has 0 bridgehead atoms. The molecule has 1 aliphatic rings. The summed E-state index contributed by atoms with van der Waals surface area (Å²) in [6.07, 6.45) is 3.08. The van der Waals surface area contributed by atoms with Gasteiger partial charge >= 0.3 is 5.97 Å². The summed E-state index contributed by atoms with van der Waals surface area (Å²) in [5, 5.41) is 12.9. The van der Waals surface area contributed by atoms with Crippen molar-refractivity contribution >= 4 is 5.97 Å². The lowest BCUT2D eigenvalue weighted by atomic mass is 9.95. The molecule has 1 aliphatic heterocycles. The van der Waals surface area contributed by atoms with E-state index in [1.807, 2.05) is 0 Å². The van der Waals surface area contributed by atoms with Gasteiger partial charge in [-0.25, -0.2) is 0 Å². The van der Waals surface area contributed by atoms with Crippen molar-refractivity contribution in [3.05, 3.63) is 11.7 Å². The number of nitrogens with zero attached hydrogens (tertiary/aromatic N) is 3. The van der Waals surface area contributed by atoms with Crippen LogP contribution in [-0.2, 0) is 17.8 Å². The Labute approximate surface area is 119 Å². The van der Waals surface area contributed by atoms with E-state index in [2.05, 4.69) is 28.9 Å². The molecule has 1 N–H and O–H groups in total. The normalized spacial score (nSPS) is 20.4. The van der Waals surface area contributed by atoms with Crippen LogP contribution in [0, 0.1) is 11.8 Å². The molecule has 112 valence electrons. The average Bonchev–Trinajstić information content (AvgIpc) is 2.75. The first-order valence-electron chi connectivity index (χ1n) is 7.28. The topological polar surface area (TPSA) is 79.5 Å². The quantitative estimate of drug-likeness (QED) is 0.858. The Balaban J connectivity index is 1.86. The van der Waals surface area contributed by atoms with Gasteiger partial charge in [-0.2, -0.15) is 4.98 Å². The van der Waals surface area contributed by atoms with Gasteiger partial charge in [-0.3, -0.25) is 9.69 Å². The van der Waals surface area contributed by atoms with Gasteiger partial charge in [0.05, 0.1) is 6.54 Å². The zero-order chi connectivity index (χ0) is 14.5. The van der Waals surface area contributed by atoms with E-state index in [1.165, 1.54) is 0 Å². The molecule has 20 heavy (non-hydrogen) atoms. The van der Waals surface area contributed by atoms with E-state index in [1.54, 1.807) is 0 Å². The molecule has 1 aromatic rings. The van der Waals surface area contributed by atoms with Gasteiger partial charge in [0.2, 0.25) is 5.89 Å². The van der Waals surface area contributed by atoms with Crippen LogP contribution < -0.4 is 0 Å². The molecular formula is C14H23N3O3. The molecule has 0 saturated carbocycles. The van der Waals surface area contributed by atoms with E-state index in [9.17, 15) is 4.79 Å². The molecule has 2 heterocycles. The lowest BCUT2D eigenvalue weighted by Crippen LogP contribution is -2.36. The molecule has 6 heteroatoms. The fourth-order valence-corrected chi connectivity index (χ4v) is 2.69. The highest BCUT2D eigenvalue weighted by Gasteiger charge is 2.23. The SMILES string of the molecule is CC(C)Cc1nc(CN2CCCC(CC(=O)O)C2)no1. The third-order valence-corrected chi connectivity index (χ3v) is 3.52. The Morgan fingerprint density at radius 2 is 2.35 bits per heavy atom. The zero-order valence-electron chi connectivity index (χ0n) is 12.2. The standard InChI is InChI=1S/C14H23N3O3/c1-10(2)6-13-15-12(16-20-13)9-17-5-3-4-11(8-17)7-14(18)19/h10-11H,3-9H2,1-2H3,(H,18,19). The van der Waals surface area contributed by atoms with Crippen molar-refractivity contribution in [2.24, 2.45) is 11.8 Å². The van der Waals surface area contributed by atoms with Gasteiger partial charge in [0.25, 0.3) is 0 Å². The maximum absolute atomic E-state index is 10.8. The summed E-state index contributed by atoms with van der Waals surface area (Å²) >= 11 is 0. The van der Waals surface area contributed by atoms with Crippen LogP contribution in [0.2, 0.25) is 0 Å². The molecule has 2 rings (SSSR count). The minimum absolute atomic E-state index is 0.239. The van der Waals surface area contributed by atoms with Crippen LogP contribution in [0.15, 0.2) is 4.52 Å². The van der Waals surface area contributed by atoms with Crippen LogP contribution in [0.5, 0.6) is 0 Å². The number of piperidine rings is 1. The summed E-state index contributed by atoms with van der Waals surface area (Å²) in [5.41, 5.74) is 0. The second-order valence-corrected chi connectivity index (χ2v) is 6.04. The first-order valence-corrected chi connectivity index (χ1v) is 7.28. The van der Waals surface area contributed by atoms with Crippen molar-refractivity contribution in [1.82, 2.24) is 15.0 Å². The fourth-order valence-electron chi connectivity index (χ4n) is 2.69. The average molecular weight is 281 g/mol. The van der Waals surface area contributed by atoms with E-state index >= 15 is 0 Å². The lowest BCUT2D eigenvalue weighted by Gasteiger charge is -2.30. The Hall–Kier alpha value is -1.43. The maximum Gasteiger partial charge on any atom is 0.303 e. The lowest BCUT2D eigenvalue weighted by molar-refractivity contribution is -0.138. The second-order valence-electron chi connectivity index (χ2n) is 6.04. The number of rotatable bonds is 6.